The molecule has 0 spiro atoms. The number of carbonyl (C=O) groups is 1. The van der Waals surface area contributed by atoms with Crippen LogP contribution in [0.3, 0.4) is 0 Å². The van der Waals surface area contributed by atoms with Crippen LogP contribution in [0.25, 0.3) is 0 Å². The van der Waals surface area contributed by atoms with E-state index in [-0.39, 0.29) is 5.91 Å². The first-order valence-electron chi connectivity index (χ1n) is 5.94. The number of nitrogens with one attached hydrogen (secondary N) is 1. The summed E-state index contributed by atoms with van der Waals surface area (Å²) in [7, 11) is 1.98. The third-order valence-corrected chi connectivity index (χ3v) is 2.66. The van der Waals surface area contributed by atoms with Gasteiger partial charge in [-0.15, -0.1) is 0 Å². The lowest BCUT2D eigenvalue weighted by Gasteiger charge is -2.19. The zero-order chi connectivity index (χ0) is 12.7. The van der Waals surface area contributed by atoms with E-state index in [1.54, 1.807) is 0 Å². The molecule has 17 heavy (non-hydrogen) atoms. The van der Waals surface area contributed by atoms with Gasteiger partial charge in [0.2, 0.25) is 5.91 Å². The van der Waals surface area contributed by atoms with Crippen LogP contribution in [0.15, 0.2) is 24.3 Å². The van der Waals surface area contributed by atoms with Gasteiger partial charge in [-0.25, -0.2) is 0 Å². The average Bonchev–Trinajstić information content (AvgIpc) is 2.36. The molecule has 1 aromatic carbocycles. The van der Waals surface area contributed by atoms with Crippen LogP contribution >= 0.6 is 0 Å². The second-order valence-electron chi connectivity index (χ2n) is 4.00. The number of hydrogen-bond donors (Lipinski definition) is 2. The molecular weight excluding hydrogens is 214 g/mol. The standard InChI is InChI=1S/C13H21N3O/c1-3-15-13(17)8-9-16(2)12-6-4-11(10-14)5-7-12/h4-7H,3,8-10,14H2,1-2H3,(H,15,17). The van der Waals surface area contributed by atoms with E-state index in [1.165, 1.54) is 0 Å². The van der Waals surface area contributed by atoms with Gasteiger partial charge in [0.1, 0.15) is 0 Å². The van der Waals surface area contributed by atoms with Crippen LogP contribution in [0.5, 0.6) is 0 Å². The van der Waals surface area contributed by atoms with Gasteiger partial charge in [-0.1, -0.05) is 12.1 Å². The molecule has 0 atom stereocenters. The number of benzene rings is 1. The van der Waals surface area contributed by atoms with Crippen molar-refractivity contribution >= 4 is 11.6 Å². The molecule has 4 nitrogen and oxygen atoms in total. The number of nitrogens with zero attached hydrogens (tertiary/aromatic N) is 1. The van der Waals surface area contributed by atoms with E-state index in [0.29, 0.717) is 26.1 Å². The first kappa shape index (κ1) is 13.5. The van der Waals surface area contributed by atoms with Crippen LogP contribution in [0.4, 0.5) is 5.69 Å². The van der Waals surface area contributed by atoms with Gasteiger partial charge in [0.15, 0.2) is 0 Å². The lowest BCUT2D eigenvalue weighted by atomic mass is 10.2. The molecule has 4 heteroatoms. The van der Waals surface area contributed by atoms with Gasteiger partial charge < -0.3 is 16.0 Å². The van der Waals surface area contributed by atoms with Crippen molar-refractivity contribution in [2.45, 2.75) is 19.9 Å². The Morgan fingerprint density at radius 2 is 2.00 bits per heavy atom. The number of carbonyl (C=O) groups excluding carboxylic acids is 1. The normalized spacial score (nSPS) is 10.1. The molecule has 0 saturated heterocycles. The summed E-state index contributed by atoms with van der Waals surface area (Å²) in [5.74, 6) is 0.0953. The minimum atomic E-state index is 0.0953. The quantitative estimate of drug-likeness (QED) is 0.776. The number of amides is 1. The van der Waals surface area contributed by atoms with Crippen LogP contribution < -0.4 is 16.0 Å². The van der Waals surface area contributed by atoms with Crippen molar-refractivity contribution in [3.63, 3.8) is 0 Å². The molecule has 0 radical (unpaired) electrons. The van der Waals surface area contributed by atoms with Gasteiger partial charge in [0.05, 0.1) is 0 Å². The molecule has 0 aromatic heterocycles. The molecule has 0 fully saturated rings. The predicted octanol–water partition coefficient (Wildman–Crippen LogP) is 1.11. The highest BCUT2D eigenvalue weighted by Gasteiger charge is 2.04. The fourth-order valence-corrected chi connectivity index (χ4v) is 1.57. The van der Waals surface area contributed by atoms with Gasteiger partial charge >= 0.3 is 0 Å². The molecule has 1 amide bonds. The van der Waals surface area contributed by atoms with Crippen molar-refractivity contribution in [1.29, 1.82) is 0 Å². The summed E-state index contributed by atoms with van der Waals surface area (Å²) < 4.78 is 0. The van der Waals surface area contributed by atoms with Crippen LogP contribution in [0.2, 0.25) is 0 Å². The smallest absolute Gasteiger partial charge is 0.221 e. The zero-order valence-corrected chi connectivity index (χ0v) is 10.6. The van der Waals surface area contributed by atoms with E-state index in [9.17, 15) is 4.79 Å². The van der Waals surface area contributed by atoms with Gasteiger partial charge in [-0.05, 0) is 24.6 Å². The summed E-state index contributed by atoms with van der Waals surface area (Å²) in [6.45, 7) is 3.89. The number of nitrogens with two attached hydrogens (primary N) is 1. The molecule has 0 saturated carbocycles. The van der Waals surface area contributed by atoms with E-state index in [1.807, 2.05) is 38.2 Å². The highest BCUT2D eigenvalue weighted by atomic mass is 16.1. The molecule has 0 heterocycles. The summed E-state index contributed by atoms with van der Waals surface area (Å²) in [6, 6.07) is 8.08. The van der Waals surface area contributed by atoms with E-state index in [0.717, 1.165) is 11.3 Å². The monoisotopic (exact) mass is 235 g/mol. The second kappa shape index (κ2) is 6.91. The molecule has 3 N–H and O–H groups in total. The fraction of sp³-hybridized carbons (Fsp3) is 0.462. The minimum Gasteiger partial charge on any atom is -0.374 e. The predicted molar refractivity (Wildman–Crippen MR) is 70.9 cm³/mol. The van der Waals surface area contributed by atoms with E-state index < -0.39 is 0 Å². The highest BCUT2D eigenvalue weighted by molar-refractivity contribution is 5.76. The van der Waals surface area contributed by atoms with Crippen molar-refractivity contribution < 1.29 is 4.79 Å². The Morgan fingerprint density at radius 3 is 2.53 bits per heavy atom. The lowest BCUT2D eigenvalue weighted by Crippen LogP contribution is -2.28. The summed E-state index contributed by atoms with van der Waals surface area (Å²) in [5, 5.41) is 2.79. The Labute approximate surface area is 103 Å². The van der Waals surface area contributed by atoms with Crippen molar-refractivity contribution in [2.24, 2.45) is 5.73 Å². The molecule has 1 rings (SSSR count). The Kier molecular flexibility index (Phi) is 5.49. The lowest BCUT2D eigenvalue weighted by molar-refractivity contribution is -0.120. The maximum Gasteiger partial charge on any atom is 0.221 e. The van der Waals surface area contributed by atoms with E-state index in [2.05, 4.69) is 10.2 Å². The Bertz CT molecular complexity index is 348. The molecule has 0 bridgehead atoms. The molecule has 94 valence electrons. The average molecular weight is 235 g/mol. The molecule has 0 aliphatic rings. The maximum atomic E-state index is 11.3. The first-order valence-corrected chi connectivity index (χ1v) is 5.94. The Balaban J connectivity index is 2.46. The highest BCUT2D eigenvalue weighted by Crippen LogP contribution is 2.13. The SMILES string of the molecule is CCNC(=O)CCN(C)c1ccc(CN)cc1. The van der Waals surface area contributed by atoms with E-state index in [4.69, 9.17) is 5.73 Å². The van der Waals surface area contributed by atoms with Gasteiger partial charge in [0, 0.05) is 38.8 Å². The summed E-state index contributed by atoms with van der Waals surface area (Å²) in [4.78, 5) is 13.4. The van der Waals surface area contributed by atoms with Crippen molar-refractivity contribution in [3.8, 4) is 0 Å². The second-order valence-corrected chi connectivity index (χ2v) is 4.00. The van der Waals surface area contributed by atoms with Crippen molar-refractivity contribution in [3.05, 3.63) is 29.8 Å². The summed E-state index contributed by atoms with van der Waals surface area (Å²) >= 11 is 0. The van der Waals surface area contributed by atoms with Gasteiger partial charge in [-0.2, -0.15) is 0 Å². The molecule has 1 aromatic rings. The molecule has 0 aliphatic carbocycles. The van der Waals surface area contributed by atoms with Crippen LogP contribution in [0.1, 0.15) is 18.9 Å². The maximum absolute atomic E-state index is 11.3. The van der Waals surface area contributed by atoms with Crippen LogP contribution in [-0.2, 0) is 11.3 Å². The Hall–Kier alpha value is -1.55. The number of rotatable bonds is 6. The topological polar surface area (TPSA) is 58.4 Å². The van der Waals surface area contributed by atoms with Gasteiger partial charge in [0.25, 0.3) is 0 Å². The summed E-state index contributed by atoms with van der Waals surface area (Å²) in [5.41, 5.74) is 7.76. The Morgan fingerprint density at radius 1 is 1.35 bits per heavy atom. The number of hydrogen-bond acceptors (Lipinski definition) is 3. The molecular formula is C13H21N3O. The third-order valence-electron chi connectivity index (χ3n) is 2.66. The van der Waals surface area contributed by atoms with Crippen LogP contribution in [0, 0.1) is 0 Å². The fourth-order valence-electron chi connectivity index (χ4n) is 1.57. The molecule has 0 unspecified atom stereocenters. The minimum absolute atomic E-state index is 0.0953. The third kappa shape index (κ3) is 4.44. The van der Waals surface area contributed by atoms with E-state index >= 15 is 0 Å². The summed E-state index contributed by atoms with van der Waals surface area (Å²) in [6.07, 6.45) is 0.517. The molecule has 0 aliphatic heterocycles. The van der Waals surface area contributed by atoms with Crippen LogP contribution in [-0.4, -0.2) is 26.0 Å². The first-order chi connectivity index (χ1) is 8.17. The van der Waals surface area contributed by atoms with Crippen molar-refractivity contribution in [1.82, 2.24) is 5.32 Å². The largest absolute Gasteiger partial charge is 0.374 e. The number of anilines is 1. The van der Waals surface area contributed by atoms with Crippen molar-refractivity contribution in [2.75, 3.05) is 25.0 Å². The van der Waals surface area contributed by atoms with Gasteiger partial charge in [-0.3, -0.25) is 4.79 Å². The zero-order valence-electron chi connectivity index (χ0n) is 10.6.